The molecule has 2 heteroatoms. The number of likely N-dealkylation sites (N-methyl/N-ethyl adjacent to an activating group) is 1. The molecule has 0 bridgehead atoms. The molecule has 1 heterocycles. The highest BCUT2D eigenvalue weighted by Crippen LogP contribution is 2.05. The number of allylic oxidation sites excluding steroid dienone is 1. The number of hydrogen-bond donors (Lipinski definition) is 0. The van der Waals surface area contributed by atoms with Gasteiger partial charge < -0.3 is 9.80 Å². The van der Waals surface area contributed by atoms with Crippen LogP contribution in [0.4, 0.5) is 0 Å². The summed E-state index contributed by atoms with van der Waals surface area (Å²) in [4.78, 5) is 4.67. The van der Waals surface area contributed by atoms with Crippen LogP contribution in [0.2, 0.25) is 0 Å². The summed E-state index contributed by atoms with van der Waals surface area (Å²) < 4.78 is 0. The highest BCUT2D eigenvalue weighted by atomic mass is 15.2. The van der Waals surface area contributed by atoms with Crippen LogP contribution in [-0.4, -0.2) is 43.0 Å². The summed E-state index contributed by atoms with van der Waals surface area (Å²) in [5.41, 5.74) is 4.10. The van der Waals surface area contributed by atoms with Crippen LogP contribution in [0.3, 0.4) is 0 Å². The monoisotopic (exact) mass is 152 g/mol. The van der Waals surface area contributed by atoms with Gasteiger partial charge in [-0.05, 0) is 14.0 Å². The average molecular weight is 152 g/mol. The molecule has 0 N–H and O–H groups in total. The molecular weight excluding hydrogens is 136 g/mol. The van der Waals surface area contributed by atoms with Gasteiger partial charge in [-0.25, -0.2) is 0 Å². The lowest BCUT2D eigenvalue weighted by Crippen LogP contribution is -2.43. The number of hydrogen-bond acceptors (Lipinski definition) is 2. The van der Waals surface area contributed by atoms with Crippen molar-refractivity contribution in [2.24, 2.45) is 0 Å². The molecule has 0 amide bonds. The molecule has 0 aromatic carbocycles. The zero-order valence-electron chi connectivity index (χ0n) is 7.43. The molecule has 0 atom stereocenters. The molecule has 11 heavy (non-hydrogen) atoms. The third-order valence-electron chi connectivity index (χ3n) is 2.23. The van der Waals surface area contributed by atoms with Crippen molar-refractivity contribution in [3.05, 3.63) is 18.0 Å². The van der Waals surface area contributed by atoms with Crippen molar-refractivity contribution < 1.29 is 0 Å². The van der Waals surface area contributed by atoms with E-state index in [1.807, 2.05) is 0 Å². The van der Waals surface area contributed by atoms with E-state index < -0.39 is 0 Å². The third-order valence-corrected chi connectivity index (χ3v) is 2.23. The van der Waals surface area contributed by atoms with Crippen molar-refractivity contribution in [3.8, 4) is 0 Å². The van der Waals surface area contributed by atoms with E-state index in [9.17, 15) is 0 Å². The van der Waals surface area contributed by atoms with Gasteiger partial charge in [0.25, 0.3) is 0 Å². The molecule has 1 rings (SSSR count). The fraction of sp³-hybridized carbons (Fsp3) is 0.667. The highest BCUT2D eigenvalue weighted by molar-refractivity contribution is 4.95. The fourth-order valence-electron chi connectivity index (χ4n) is 1.25. The first kappa shape index (κ1) is 8.38. The summed E-state index contributed by atoms with van der Waals surface area (Å²) in [6.45, 7) is 10.2. The maximum atomic E-state index is 3.64. The van der Waals surface area contributed by atoms with Gasteiger partial charge in [-0.3, -0.25) is 0 Å². The molecule has 0 unspecified atom stereocenters. The zero-order chi connectivity index (χ0) is 8.27. The number of piperazine rings is 1. The predicted molar refractivity (Wildman–Crippen MR) is 47.4 cm³/mol. The zero-order valence-corrected chi connectivity index (χ0v) is 7.43. The molecular formula is C9H16N2. The van der Waals surface area contributed by atoms with Crippen LogP contribution in [0.25, 0.3) is 0 Å². The summed E-state index contributed by atoms with van der Waals surface area (Å²) in [7, 11) is 2.16. The molecule has 1 aliphatic heterocycles. The summed E-state index contributed by atoms with van der Waals surface area (Å²) >= 11 is 0. The minimum Gasteiger partial charge on any atom is -0.366 e. The van der Waals surface area contributed by atoms with Gasteiger partial charge in [0, 0.05) is 26.2 Å². The van der Waals surface area contributed by atoms with Crippen LogP contribution in [0.1, 0.15) is 6.92 Å². The molecule has 0 aromatic rings. The Labute approximate surface area is 68.8 Å². The summed E-state index contributed by atoms with van der Waals surface area (Å²) in [6, 6.07) is 0. The summed E-state index contributed by atoms with van der Waals surface area (Å²) in [6.07, 6.45) is 0. The lowest BCUT2D eigenvalue weighted by atomic mass is 10.3. The maximum Gasteiger partial charge on any atom is 0.0527 e. The van der Waals surface area contributed by atoms with Crippen LogP contribution in [0.15, 0.2) is 18.0 Å². The smallest absolute Gasteiger partial charge is 0.0527 e. The Morgan fingerprint density at radius 3 is 2.27 bits per heavy atom. The van der Waals surface area contributed by atoms with Gasteiger partial charge in [0.15, 0.2) is 0 Å². The second-order valence-corrected chi connectivity index (χ2v) is 3.05. The van der Waals surface area contributed by atoms with Crippen molar-refractivity contribution in [3.63, 3.8) is 0 Å². The lowest BCUT2D eigenvalue weighted by Gasteiger charge is -2.33. The second kappa shape index (κ2) is 3.61. The predicted octanol–water partition coefficient (Wildman–Crippen LogP) is 0.923. The molecule has 1 aliphatic rings. The number of nitrogens with zero attached hydrogens (tertiary/aromatic N) is 2. The first-order chi connectivity index (χ1) is 5.24. The van der Waals surface area contributed by atoms with Gasteiger partial charge in [0.05, 0.1) is 5.70 Å². The van der Waals surface area contributed by atoms with Gasteiger partial charge >= 0.3 is 0 Å². The normalized spacial score (nSPS) is 19.6. The van der Waals surface area contributed by atoms with E-state index in [-0.39, 0.29) is 0 Å². The molecule has 0 aromatic heterocycles. The quantitative estimate of drug-likeness (QED) is 0.516. The highest BCUT2D eigenvalue weighted by Gasteiger charge is 2.12. The Kier molecular flexibility index (Phi) is 2.75. The molecule has 2 nitrogen and oxygen atoms in total. The first-order valence-electron chi connectivity index (χ1n) is 4.04. The molecule has 62 valence electrons. The van der Waals surface area contributed by atoms with E-state index in [4.69, 9.17) is 0 Å². The standard InChI is InChI=1S/C9H16N2/c1-4-9(2)11-7-5-10(3)6-8-11/h1,5-8H2,2-3H3. The van der Waals surface area contributed by atoms with Crippen LogP contribution < -0.4 is 0 Å². The van der Waals surface area contributed by atoms with Crippen molar-refractivity contribution in [1.82, 2.24) is 9.80 Å². The fourth-order valence-corrected chi connectivity index (χ4v) is 1.25. The topological polar surface area (TPSA) is 6.48 Å². The Morgan fingerprint density at radius 1 is 1.27 bits per heavy atom. The molecule has 0 spiro atoms. The summed E-state index contributed by atoms with van der Waals surface area (Å²) in [5.74, 6) is 0. The van der Waals surface area contributed by atoms with Crippen molar-refractivity contribution in [1.29, 1.82) is 0 Å². The van der Waals surface area contributed by atoms with Gasteiger partial charge in [-0.15, -0.1) is 5.73 Å². The van der Waals surface area contributed by atoms with E-state index in [0.29, 0.717) is 0 Å². The van der Waals surface area contributed by atoms with E-state index >= 15 is 0 Å². The molecule has 0 radical (unpaired) electrons. The van der Waals surface area contributed by atoms with Crippen molar-refractivity contribution >= 4 is 0 Å². The molecule has 0 saturated carbocycles. The van der Waals surface area contributed by atoms with E-state index in [1.54, 1.807) is 0 Å². The molecule has 1 saturated heterocycles. The second-order valence-electron chi connectivity index (χ2n) is 3.05. The SMILES string of the molecule is C=C=C(C)N1CCN(C)CC1. The lowest BCUT2D eigenvalue weighted by molar-refractivity contribution is 0.187. The van der Waals surface area contributed by atoms with Crippen LogP contribution in [0.5, 0.6) is 0 Å². The van der Waals surface area contributed by atoms with Crippen LogP contribution >= 0.6 is 0 Å². The van der Waals surface area contributed by atoms with E-state index in [1.165, 1.54) is 5.70 Å². The minimum atomic E-state index is 1.12. The largest absolute Gasteiger partial charge is 0.366 e. The van der Waals surface area contributed by atoms with E-state index in [0.717, 1.165) is 26.2 Å². The molecule has 1 fully saturated rings. The maximum absolute atomic E-state index is 3.64. The number of rotatable bonds is 1. The Bertz CT molecular complexity index is 172. The van der Waals surface area contributed by atoms with E-state index in [2.05, 4.69) is 36.1 Å². The minimum absolute atomic E-state index is 1.12. The van der Waals surface area contributed by atoms with Crippen LogP contribution in [0, 0.1) is 0 Å². The Morgan fingerprint density at radius 2 is 1.82 bits per heavy atom. The van der Waals surface area contributed by atoms with Crippen molar-refractivity contribution in [2.75, 3.05) is 33.2 Å². The Balaban J connectivity index is 2.45. The van der Waals surface area contributed by atoms with Crippen molar-refractivity contribution in [2.45, 2.75) is 6.92 Å². The Hall–Kier alpha value is -0.720. The summed E-state index contributed by atoms with van der Waals surface area (Å²) in [5, 5.41) is 0. The molecule has 0 aliphatic carbocycles. The van der Waals surface area contributed by atoms with Gasteiger partial charge in [0.2, 0.25) is 0 Å². The van der Waals surface area contributed by atoms with Gasteiger partial charge in [-0.1, -0.05) is 6.58 Å². The van der Waals surface area contributed by atoms with Gasteiger partial charge in [-0.2, -0.15) is 0 Å². The van der Waals surface area contributed by atoms with Gasteiger partial charge in [0.1, 0.15) is 0 Å². The first-order valence-corrected chi connectivity index (χ1v) is 4.04. The van der Waals surface area contributed by atoms with Crippen LogP contribution in [-0.2, 0) is 0 Å². The average Bonchev–Trinajstić information content (AvgIpc) is 2.05. The third kappa shape index (κ3) is 2.11.